The van der Waals surface area contributed by atoms with Crippen molar-refractivity contribution < 1.29 is 52.2 Å². The second-order valence-electron chi connectivity index (χ2n) is 8.28. The molecule has 34 heavy (non-hydrogen) atoms. The Kier molecular flexibility index (Phi) is 11.3. The number of methoxy groups -OCH3 is 2. The van der Waals surface area contributed by atoms with Crippen LogP contribution < -0.4 is 49.7 Å². The van der Waals surface area contributed by atoms with Crippen LogP contribution in [0, 0.1) is 0 Å². The predicted octanol–water partition coefficient (Wildman–Crippen LogP) is 0.545. The summed E-state index contributed by atoms with van der Waals surface area (Å²) in [5.74, 6) is 0.378. The van der Waals surface area contributed by atoms with Gasteiger partial charge >= 0.3 is 29.6 Å². The Labute approximate surface area is 229 Å². The third-order valence-corrected chi connectivity index (χ3v) is 6.64. The molecule has 0 aliphatic rings. The first-order valence-electron chi connectivity index (χ1n) is 10.3. The minimum atomic E-state index is -4.06. The first kappa shape index (κ1) is 30.2. The van der Waals surface area contributed by atoms with Gasteiger partial charge in [0.1, 0.15) is 16.4 Å². The number of nitrogens with one attached hydrogen (secondary N) is 2. The molecule has 2 rings (SSSR count). The molecule has 2 aromatic rings. The summed E-state index contributed by atoms with van der Waals surface area (Å²) < 4.78 is 39.4. The maximum absolute atomic E-state index is 12.8. The number of benzene rings is 2. The summed E-state index contributed by atoms with van der Waals surface area (Å²) in [6.45, 7) is 6.50. The van der Waals surface area contributed by atoms with Crippen LogP contribution in [0.2, 0.25) is 0 Å². The Hall–Kier alpha value is -1.85. The van der Waals surface area contributed by atoms with Crippen LogP contribution in [0.3, 0.4) is 0 Å². The minimum absolute atomic E-state index is 0. The molecular formula is C23H30N3NaO5S2. The summed E-state index contributed by atoms with van der Waals surface area (Å²) in [5, 5.41) is 5.24. The van der Waals surface area contributed by atoms with Crippen molar-refractivity contribution >= 4 is 33.3 Å². The molecule has 0 bridgehead atoms. The molecule has 2 N–H and O–H groups in total. The van der Waals surface area contributed by atoms with Gasteiger partial charge in [0.05, 0.1) is 19.8 Å². The van der Waals surface area contributed by atoms with Gasteiger partial charge in [-0.15, -0.1) is 0 Å². The number of hydrogen-bond donors (Lipinski definition) is 2. The molecule has 0 atom stereocenters. The quantitative estimate of drug-likeness (QED) is 0.390. The normalized spacial score (nSPS) is 11.1. The van der Waals surface area contributed by atoms with Gasteiger partial charge in [-0.25, -0.2) is 8.42 Å². The molecule has 0 radical (unpaired) electrons. The van der Waals surface area contributed by atoms with Crippen molar-refractivity contribution in [1.29, 1.82) is 0 Å². The Morgan fingerprint density at radius 3 is 2.24 bits per heavy atom. The summed E-state index contributed by atoms with van der Waals surface area (Å²) in [5.41, 5.74) is 2.03. The molecule has 8 nitrogen and oxygen atoms in total. The largest absolute Gasteiger partial charge is 1.00 e. The van der Waals surface area contributed by atoms with Crippen LogP contribution in [0.25, 0.3) is 4.72 Å². The summed E-state index contributed by atoms with van der Waals surface area (Å²) in [4.78, 5) is 12.7. The number of ether oxygens (including phenoxy) is 2. The molecule has 0 spiro atoms. The van der Waals surface area contributed by atoms with Gasteiger partial charge in [-0.1, -0.05) is 52.2 Å². The third kappa shape index (κ3) is 7.84. The van der Waals surface area contributed by atoms with E-state index in [-0.39, 0.29) is 56.6 Å². The molecule has 180 valence electrons. The van der Waals surface area contributed by atoms with E-state index in [1.165, 1.54) is 27.3 Å². The van der Waals surface area contributed by atoms with E-state index >= 15 is 0 Å². The van der Waals surface area contributed by atoms with Crippen molar-refractivity contribution in [3.05, 3.63) is 57.8 Å². The Morgan fingerprint density at radius 2 is 1.68 bits per heavy atom. The van der Waals surface area contributed by atoms with Crippen LogP contribution in [-0.4, -0.2) is 47.2 Å². The number of nitrogens with zero attached hydrogens (tertiary/aromatic N) is 1. The molecule has 1 amide bonds. The zero-order valence-electron chi connectivity index (χ0n) is 20.7. The van der Waals surface area contributed by atoms with Crippen LogP contribution in [0.15, 0.2) is 41.3 Å². The molecule has 2 aromatic carbocycles. The van der Waals surface area contributed by atoms with Gasteiger partial charge in [0.25, 0.3) is 5.91 Å². The number of hydrogen-bond acceptors (Lipinski definition) is 6. The molecule has 0 saturated carbocycles. The van der Waals surface area contributed by atoms with Crippen molar-refractivity contribution in [2.24, 2.45) is 0 Å². The standard InChI is InChI=1S/C23H31N3O5S2.Na/c1-23(2,3)16-8-10-18(30-5)17(14-16)21(27)25-12-11-15-7-9-19(31-6)20(13-15)33(28,29)26-22(32)24-4;/h7-10,13-14H,11-12H2,1-6H3,(H3,24,25,26,27,32);/q;+1/p-1. The van der Waals surface area contributed by atoms with Crippen molar-refractivity contribution in [3.63, 3.8) is 0 Å². The number of rotatable bonds is 8. The molecule has 11 heteroatoms. The topological polar surface area (TPSA) is 108 Å². The van der Waals surface area contributed by atoms with E-state index in [2.05, 4.69) is 36.1 Å². The van der Waals surface area contributed by atoms with Crippen LogP contribution >= 0.6 is 12.2 Å². The molecule has 0 aliphatic heterocycles. The Balaban J connectivity index is 0.00000578. The predicted molar refractivity (Wildman–Crippen MR) is 133 cm³/mol. The SMILES string of the molecule is CNC(=S)[N-]S(=O)(=O)c1cc(CCNC(=O)c2cc(C(C)(C)C)ccc2OC)ccc1OC.[Na+]. The van der Waals surface area contributed by atoms with Crippen molar-refractivity contribution in [1.82, 2.24) is 10.6 Å². The molecule has 0 fully saturated rings. The maximum Gasteiger partial charge on any atom is 1.00 e. The van der Waals surface area contributed by atoms with Gasteiger partial charge in [0, 0.05) is 11.7 Å². The number of carbonyl (C=O) groups is 1. The maximum atomic E-state index is 12.8. The molecule has 0 saturated heterocycles. The monoisotopic (exact) mass is 515 g/mol. The number of sulfonamides is 1. The summed E-state index contributed by atoms with van der Waals surface area (Å²) >= 11 is 4.86. The van der Waals surface area contributed by atoms with Crippen LogP contribution in [0.5, 0.6) is 11.5 Å². The molecule has 0 heterocycles. The number of amides is 1. The molecule has 0 unspecified atom stereocenters. The van der Waals surface area contributed by atoms with Crippen LogP contribution in [-0.2, 0) is 21.9 Å². The van der Waals surface area contributed by atoms with Gasteiger partial charge < -0.3 is 24.8 Å². The Morgan fingerprint density at radius 1 is 1.06 bits per heavy atom. The van der Waals surface area contributed by atoms with Crippen molar-refractivity contribution in [2.45, 2.75) is 37.5 Å². The van der Waals surface area contributed by atoms with Crippen molar-refractivity contribution in [2.75, 3.05) is 27.8 Å². The fourth-order valence-corrected chi connectivity index (χ4v) is 4.46. The average Bonchev–Trinajstić information content (AvgIpc) is 2.77. The summed E-state index contributed by atoms with van der Waals surface area (Å²) in [6, 6.07) is 10.3. The number of carbonyl (C=O) groups excluding carboxylic acids is 1. The van der Waals surface area contributed by atoms with Gasteiger partial charge in [0.15, 0.2) is 0 Å². The van der Waals surface area contributed by atoms with E-state index in [9.17, 15) is 13.2 Å². The van der Waals surface area contributed by atoms with E-state index in [1.54, 1.807) is 18.2 Å². The fourth-order valence-electron chi connectivity index (χ4n) is 3.05. The summed E-state index contributed by atoms with van der Waals surface area (Å²) in [6.07, 6.45) is 0.399. The van der Waals surface area contributed by atoms with E-state index in [1.807, 2.05) is 12.1 Å². The van der Waals surface area contributed by atoms with Crippen LogP contribution in [0.4, 0.5) is 0 Å². The van der Waals surface area contributed by atoms with E-state index in [0.717, 1.165) is 5.56 Å². The first-order valence-corrected chi connectivity index (χ1v) is 12.1. The first-order chi connectivity index (χ1) is 15.4. The van der Waals surface area contributed by atoms with Gasteiger partial charge in [0.2, 0.25) is 10.0 Å². The molecule has 0 aromatic heterocycles. The summed E-state index contributed by atoms with van der Waals surface area (Å²) in [7, 11) is 0.333. The fraction of sp³-hybridized carbons (Fsp3) is 0.391. The van der Waals surface area contributed by atoms with Gasteiger partial charge in [-0.3, -0.25) is 4.79 Å². The molecule has 0 aliphatic carbocycles. The minimum Gasteiger partial charge on any atom is -0.496 e. The Bertz CT molecular complexity index is 1130. The van der Waals surface area contributed by atoms with Crippen molar-refractivity contribution in [3.8, 4) is 11.5 Å². The zero-order chi connectivity index (χ0) is 24.8. The van der Waals surface area contributed by atoms with E-state index < -0.39 is 10.0 Å². The van der Waals surface area contributed by atoms with Gasteiger partial charge in [-0.2, -0.15) is 0 Å². The van der Waals surface area contributed by atoms with E-state index in [0.29, 0.717) is 29.8 Å². The van der Waals surface area contributed by atoms with E-state index in [4.69, 9.17) is 21.7 Å². The van der Waals surface area contributed by atoms with Crippen LogP contribution in [0.1, 0.15) is 42.3 Å². The third-order valence-electron chi connectivity index (χ3n) is 4.93. The zero-order valence-corrected chi connectivity index (χ0v) is 24.3. The smallest absolute Gasteiger partial charge is 0.496 e. The number of thiocarbonyl (C=S) groups is 1. The second-order valence-corrected chi connectivity index (χ2v) is 10.2. The second kappa shape index (κ2) is 12.7. The van der Waals surface area contributed by atoms with Gasteiger partial charge in [-0.05, 0) is 47.2 Å². The average molecular weight is 516 g/mol. The molecular weight excluding hydrogens is 485 g/mol.